The number of hydrogen-bond acceptors (Lipinski definition) is 5. The van der Waals surface area contributed by atoms with Gasteiger partial charge in [0.15, 0.2) is 29.2 Å². The first-order valence-electron chi connectivity index (χ1n) is 7.88. The quantitative estimate of drug-likeness (QED) is 0.552. The molecule has 2 aromatic rings. The molecule has 138 valence electrons. The van der Waals surface area contributed by atoms with Crippen LogP contribution in [0.1, 0.15) is 34.6 Å². The molecule has 0 N–H and O–H groups in total. The Labute approximate surface area is 149 Å². The van der Waals surface area contributed by atoms with Crippen molar-refractivity contribution in [2.45, 2.75) is 20.0 Å². The molecule has 0 spiro atoms. The third-order valence-corrected chi connectivity index (χ3v) is 3.56. The lowest BCUT2D eigenvalue weighted by molar-refractivity contribution is 0.0318. The molecule has 7 heteroatoms. The monoisotopic (exact) mass is 364 g/mol. The summed E-state index contributed by atoms with van der Waals surface area (Å²) in [6.45, 7) is 3.52. The van der Waals surface area contributed by atoms with E-state index in [0.29, 0.717) is 18.1 Å². The van der Waals surface area contributed by atoms with Gasteiger partial charge in [0.1, 0.15) is 0 Å². The molecule has 2 rings (SSSR count). The lowest BCUT2D eigenvalue weighted by atomic mass is 10.1. The van der Waals surface area contributed by atoms with Crippen molar-refractivity contribution in [1.82, 2.24) is 0 Å². The maximum Gasteiger partial charge on any atom is 0.338 e. The first-order chi connectivity index (χ1) is 12.4. The Morgan fingerprint density at radius 1 is 1.00 bits per heavy atom. The molecule has 0 saturated heterocycles. The van der Waals surface area contributed by atoms with E-state index in [1.165, 1.54) is 26.2 Å². The molecule has 2 aromatic carbocycles. The van der Waals surface area contributed by atoms with Crippen molar-refractivity contribution in [1.29, 1.82) is 0 Å². The third kappa shape index (κ3) is 4.36. The van der Waals surface area contributed by atoms with Gasteiger partial charge in [0.05, 0.1) is 19.3 Å². The van der Waals surface area contributed by atoms with E-state index < -0.39 is 29.5 Å². The molecule has 5 nitrogen and oxygen atoms in total. The minimum atomic E-state index is -1.18. The van der Waals surface area contributed by atoms with Crippen LogP contribution in [0.5, 0.6) is 11.5 Å². The van der Waals surface area contributed by atoms with Crippen molar-refractivity contribution in [2.75, 3.05) is 13.7 Å². The predicted molar refractivity (Wildman–Crippen MR) is 89.7 cm³/mol. The normalized spacial score (nSPS) is 11.6. The number of methoxy groups -OCH3 is 1. The molecule has 0 heterocycles. The van der Waals surface area contributed by atoms with Gasteiger partial charge in [-0.2, -0.15) is 0 Å². The van der Waals surface area contributed by atoms with Gasteiger partial charge in [-0.05, 0) is 50.2 Å². The second-order valence-corrected chi connectivity index (χ2v) is 5.34. The van der Waals surface area contributed by atoms with Crippen LogP contribution in [0.3, 0.4) is 0 Å². The average Bonchev–Trinajstić information content (AvgIpc) is 2.63. The van der Waals surface area contributed by atoms with Crippen molar-refractivity contribution < 1.29 is 32.6 Å². The number of halogens is 2. The molecular weight excluding hydrogens is 346 g/mol. The number of esters is 1. The van der Waals surface area contributed by atoms with Crippen molar-refractivity contribution >= 4 is 11.8 Å². The van der Waals surface area contributed by atoms with Gasteiger partial charge in [-0.15, -0.1) is 0 Å². The number of hydrogen-bond donors (Lipinski definition) is 0. The summed E-state index contributed by atoms with van der Waals surface area (Å²) >= 11 is 0. The van der Waals surface area contributed by atoms with Gasteiger partial charge in [-0.25, -0.2) is 13.6 Å². The van der Waals surface area contributed by atoms with Crippen molar-refractivity contribution in [3.8, 4) is 11.5 Å². The van der Waals surface area contributed by atoms with Crippen LogP contribution in [-0.2, 0) is 4.74 Å². The van der Waals surface area contributed by atoms with Gasteiger partial charge in [0.2, 0.25) is 5.78 Å². The van der Waals surface area contributed by atoms with E-state index in [1.54, 1.807) is 13.0 Å². The van der Waals surface area contributed by atoms with Crippen molar-refractivity contribution in [3.05, 3.63) is 59.2 Å². The molecule has 1 atom stereocenters. The molecule has 0 radical (unpaired) electrons. The van der Waals surface area contributed by atoms with Gasteiger partial charge in [-0.3, -0.25) is 4.79 Å². The summed E-state index contributed by atoms with van der Waals surface area (Å²) in [6, 6.07) is 7.20. The fourth-order valence-corrected chi connectivity index (χ4v) is 2.24. The highest BCUT2D eigenvalue weighted by atomic mass is 19.2. The van der Waals surface area contributed by atoms with E-state index in [4.69, 9.17) is 14.2 Å². The lowest BCUT2D eigenvalue weighted by Gasteiger charge is -2.14. The van der Waals surface area contributed by atoms with Crippen molar-refractivity contribution in [2.24, 2.45) is 0 Å². The highest BCUT2D eigenvalue weighted by Gasteiger charge is 2.22. The van der Waals surface area contributed by atoms with Gasteiger partial charge < -0.3 is 14.2 Å². The fraction of sp³-hybridized carbons (Fsp3) is 0.263. The molecule has 26 heavy (non-hydrogen) atoms. The number of carbonyl (C=O) groups excluding carboxylic acids is 2. The molecule has 0 aromatic heterocycles. The standard InChI is InChI=1S/C19H18F2O5/c1-4-25-17-10-13(6-8-16(17)24-3)19(23)26-11(2)18(22)12-5-7-14(20)15(21)9-12/h5-11H,4H2,1-3H3. The molecule has 1 unspecified atom stereocenters. The fourth-order valence-electron chi connectivity index (χ4n) is 2.24. The SMILES string of the molecule is CCOc1cc(C(=O)OC(C)C(=O)c2ccc(F)c(F)c2)ccc1OC. The molecule has 0 aliphatic rings. The second kappa shape index (κ2) is 8.42. The largest absolute Gasteiger partial charge is 0.493 e. The zero-order valence-electron chi connectivity index (χ0n) is 14.5. The van der Waals surface area contributed by atoms with E-state index in [2.05, 4.69) is 0 Å². The Kier molecular flexibility index (Phi) is 6.27. The maximum atomic E-state index is 13.3. The van der Waals surface area contributed by atoms with Gasteiger partial charge in [0.25, 0.3) is 0 Å². The van der Waals surface area contributed by atoms with E-state index in [9.17, 15) is 18.4 Å². The summed E-state index contributed by atoms with van der Waals surface area (Å²) in [5.74, 6) is -2.79. The summed E-state index contributed by atoms with van der Waals surface area (Å²) in [7, 11) is 1.47. The Hall–Kier alpha value is -2.96. The average molecular weight is 364 g/mol. The predicted octanol–water partition coefficient (Wildman–Crippen LogP) is 3.80. The summed E-state index contributed by atoms with van der Waals surface area (Å²) < 4.78 is 41.9. The van der Waals surface area contributed by atoms with Crippen LogP contribution in [0.4, 0.5) is 8.78 Å². The maximum absolute atomic E-state index is 13.3. The number of rotatable bonds is 7. The highest BCUT2D eigenvalue weighted by molar-refractivity contribution is 6.01. The first-order valence-corrected chi connectivity index (χ1v) is 7.88. The van der Waals surface area contributed by atoms with Crippen LogP contribution in [0.15, 0.2) is 36.4 Å². The summed E-state index contributed by atoms with van der Waals surface area (Å²) in [5, 5.41) is 0. The molecule has 0 aliphatic carbocycles. The van der Waals surface area contributed by atoms with Crippen LogP contribution in [0.2, 0.25) is 0 Å². The smallest absolute Gasteiger partial charge is 0.338 e. The Morgan fingerprint density at radius 3 is 2.31 bits per heavy atom. The van der Waals surface area contributed by atoms with E-state index in [0.717, 1.165) is 18.2 Å². The minimum absolute atomic E-state index is 0.0889. The molecular formula is C19H18F2O5. The zero-order valence-corrected chi connectivity index (χ0v) is 14.5. The number of ketones is 1. The summed E-state index contributed by atoms with van der Waals surface area (Å²) in [4.78, 5) is 24.5. The minimum Gasteiger partial charge on any atom is -0.493 e. The Bertz CT molecular complexity index is 820. The van der Waals surface area contributed by atoms with E-state index in [1.807, 2.05) is 0 Å². The van der Waals surface area contributed by atoms with E-state index >= 15 is 0 Å². The zero-order chi connectivity index (χ0) is 19.3. The Balaban J connectivity index is 2.14. The number of carbonyl (C=O) groups is 2. The molecule has 0 aliphatic heterocycles. The number of benzene rings is 2. The third-order valence-electron chi connectivity index (χ3n) is 3.56. The first kappa shape index (κ1) is 19.4. The summed E-state index contributed by atoms with van der Waals surface area (Å²) in [5.41, 5.74) is 0.0770. The lowest BCUT2D eigenvalue weighted by Crippen LogP contribution is -2.24. The van der Waals surface area contributed by atoms with E-state index in [-0.39, 0.29) is 11.1 Å². The molecule has 0 fully saturated rings. The highest BCUT2D eigenvalue weighted by Crippen LogP contribution is 2.28. The van der Waals surface area contributed by atoms with Crippen molar-refractivity contribution in [3.63, 3.8) is 0 Å². The molecule has 0 saturated carbocycles. The van der Waals surface area contributed by atoms with Crippen LogP contribution >= 0.6 is 0 Å². The Morgan fingerprint density at radius 2 is 1.69 bits per heavy atom. The van der Waals surface area contributed by atoms with Gasteiger partial charge in [-0.1, -0.05) is 0 Å². The topological polar surface area (TPSA) is 61.8 Å². The van der Waals surface area contributed by atoms with Crippen LogP contribution in [0.25, 0.3) is 0 Å². The number of Topliss-reactive ketones (excluding diaryl/α,β-unsaturated/α-hetero) is 1. The van der Waals surface area contributed by atoms with Gasteiger partial charge >= 0.3 is 5.97 Å². The van der Waals surface area contributed by atoms with Crippen LogP contribution in [0, 0.1) is 11.6 Å². The summed E-state index contributed by atoms with van der Waals surface area (Å²) in [6.07, 6.45) is -1.18. The second-order valence-electron chi connectivity index (χ2n) is 5.34. The molecule has 0 amide bonds. The van der Waals surface area contributed by atoms with Gasteiger partial charge in [0, 0.05) is 5.56 Å². The molecule has 0 bridgehead atoms. The number of ether oxygens (including phenoxy) is 3. The van der Waals surface area contributed by atoms with Crippen LogP contribution < -0.4 is 9.47 Å². The van der Waals surface area contributed by atoms with Crippen LogP contribution in [-0.4, -0.2) is 31.6 Å².